The maximum absolute atomic E-state index is 13.2. The second kappa shape index (κ2) is 6.99. The average Bonchev–Trinajstić information content (AvgIpc) is 3.23. The van der Waals surface area contributed by atoms with Gasteiger partial charge in [-0.3, -0.25) is 14.2 Å². The number of amides is 2. The third kappa shape index (κ3) is 3.29. The first-order valence-electron chi connectivity index (χ1n) is 8.43. The molecule has 3 aromatic rings. The number of halogens is 1. The summed E-state index contributed by atoms with van der Waals surface area (Å²) in [5.74, 6) is -0.922. The van der Waals surface area contributed by atoms with Crippen LogP contribution in [-0.2, 0) is 4.79 Å². The smallest absolute Gasteiger partial charge is 0.254 e. The molecule has 1 fully saturated rings. The molecule has 0 unspecified atom stereocenters. The summed E-state index contributed by atoms with van der Waals surface area (Å²) in [5, 5.41) is 10.3. The molecule has 1 saturated heterocycles. The molecule has 4 rings (SSSR count). The molecule has 27 heavy (non-hydrogen) atoms. The van der Waals surface area contributed by atoms with Crippen molar-refractivity contribution in [2.45, 2.75) is 6.04 Å². The van der Waals surface area contributed by atoms with Crippen LogP contribution >= 0.6 is 0 Å². The molecule has 1 aliphatic heterocycles. The maximum atomic E-state index is 13.2. The molecule has 0 saturated carbocycles. The Balaban J connectivity index is 1.62. The van der Waals surface area contributed by atoms with Crippen molar-refractivity contribution in [3.05, 3.63) is 78.1 Å². The van der Waals surface area contributed by atoms with Crippen LogP contribution in [-0.4, -0.2) is 44.6 Å². The Morgan fingerprint density at radius 1 is 1.04 bits per heavy atom. The summed E-state index contributed by atoms with van der Waals surface area (Å²) < 4.78 is 15.0. The van der Waals surface area contributed by atoms with Crippen LogP contribution in [0.1, 0.15) is 22.0 Å². The van der Waals surface area contributed by atoms with Gasteiger partial charge in [0.25, 0.3) is 5.91 Å². The molecule has 2 heterocycles. The minimum atomic E-state index is -0.788. The van der Waals surface area contributed by atoms with E-state index in [0.29, 0.717) is 24.2 Å². The van der Waals surface area contributed by atoms with Gasteiger partial charge in [0.1, 0.15) is 24.5 Å². The number of benzene rings is 2. The average molecular weight is 365 g/mol. The first-order chi connectivity index (χ1) is 13.1. The zero-order chi connectivity index (χ0) is 18.8. The molecule has 0 aliphatic carbocycles. The lowest BCUT2D eigenvalue weighted by atomic mass is 10.0. The van der Waals surface area contributed by atoms with Crippen LogP contribution in [0.2, 0.25) is 0 Å². The molecule has 0 radical (unpaired) electrons. The Labute approximate surface area is 154 Å². The first kappa shape index (κ1) is 16.9. The van der Waals surface area contributed by atoms with E-state index >= 15 is 0 Å². The summed E-state index contributed by atoms with van der Waals surface area (Å²) in [6.07, 6.45) is 3.13. The van der Waals surface area contributed by atoms with Gasteiger partial charge in [0.15, 0.2) is 0 Å². The van der Waals surface area contributed by atoms with E-state index in [2.05, 4.69) is 15.5 Å². The first-order valence-corrected chi connectivity index (χ1v) is 8.43. The predicted molar refractivity (Wildman–Crippen MR) is 94.5 cm³/mol. The topological polar surface area (TPSA) is 80.1 Å². The Hall–Kier alpha value is -3.55. The largest absolute Gasteiger partial charge is 0.352 e. The molecule has 2 amide bonds. The van der Waals surface area contributed by atoms with E-state index in [1.807, 2.05) is 0 Å². The van der Waals surface area contributed by atoms with E-state index in [1.165, 1.54) is 29.2 Å². The minimum Gasteiger partial charge on any atom is -0.352 e. The molecular weight excluding hydrogens is 349 g/mol. The Bertz CT molecular complexity index is 955. The zero-order valence-corrected chi connectivity index (χ0v) is 14.2. The number of carbonyl (C=O) groups is 2. The molecule has 0 spiro atoms. The molecule has 136 valence electrons. The highest BCUT2D eigenvalue weighted by molar-refractivity contribution is 5.98. The van der Waals surface area contributed by atoms with Gasteiger partial charge >= 0.3 is 0 Å². The number of nitrogens with zero attached hydrogens (tertiary/aromatic N) is 4. The molecular formula is C19H16FN5O2. The summed E-state index contributed by atoms with van der Waals surface area (Å²) in [6, 6.07) is 11.8. The lowest BCUT2D eigenvalue weighted by molar-refractivity contribution is -0.128. The fourth-order valence-corrected chi connectivity index (χ4v) is 3.14. The van der Waals surface area contributed by atoms with Gasteiger partial charge in [-0.25, -0.2) is 4.39 Å². The number of carbonyl (C=O) groups excluding carboxylic acids is 2. The van der Waals surface area contributed by atoms with E-state index in [9.17, 15) is 14.0 Å². The van der Waals surface area contributed by atoms with Crippen LogP contribution in [0.5, 0.6) is 0 Å². The Kier molecular flexibility index (Phi) is 4.37. The molecule has 0 bridgehead atoms. The second-order valence-electron chi connectivity index (χ2n) is 6.16. The highest BCUT2D eigenvalue weighted by atomic mass is 19.1. The maximum Gasteiger partial charge on any atom is 0.254 e. The fraction of sp³-hybridized carbons (Fsp3) is 0.158. The van der Waals surface area contributed by atoms with Crippen LogP contribution in [0.15, 0.2) is 61.2 Å². The van der Waals surface area contributed by atoms with E-state index in [0.717, 1.165) is 5.69 Å². The lowest BCUT2D eigenvalue weighted by Gasteiger charge is -2.35. The number of hydrogen-bond donors (Lipinski definition) is 1. The van der Waals surface area contributed by atoms with Crippen LogP contribution in [0, 0.1) is 5.82 Å². The predicted octanol–water partition coefficient (Wildman–Crippen LogP) is 1.72. The number of nitrogens with one attached hydrogen (secondary N) is 1. The van der Waals surface area contributed by atoms with Gasteiger partial charge in [0, 0.05) is 24.3 Å². The number of rotatable bonds is 3. The van der Waals surface area contributed by atoms with Gasteiger partial charge in [-0.2, -0.15) is 0 Å². The van der Waals surface area contributed by atoms with Crippen molar-refractivity contribution in [2.24, 2.45) is 0 Å². The second-order valence-corrected chi connectivity index (χ2v) is 6.16. The fourth-order valence-electron chi connectivity index (χ4n) is 3.14. The number of hydrogen-bond acceptors (Lipinski definition) is 4. The standard InChI is InChI=1S/C19H16FN5O2/c20-15-5-1-13(2-6-15)17-18(26)21-9-10-25(17)19(27)14-3-7-16(8-4-14)24-11-22-23-12-24/h1-8,11-12,17H,9-10H2,(H,21,26)/t17-/m0/s1. The van der Waals surface area contributed by atoms with Crippen molar-refractivity contribution in [3.63, 3.8) is 0 Å². The number of piperazine rings is 1. The van der Waals surface area contributed by atoms with Crippen molar-refractivity contribution < 1.29 is 14.0 Å². The molecule has 1 atom stereocenters. The Morgan fingerprint density at radius 2 is 1.70 bits per heavy atom. The van der Waals surface area contributed by atoms with Crippen molar-refractivity contribution >= 4 is 11.8 Å². The van der Waals surface area contributed by atoms with Gasteiger partial charge in [-0.15, -0.1) is 10.2 Å². The van der Waals surface area contributed by atoms with Crippen LogP contribution in [0.4, 0.5) is 4.39 Å². The number of aromatic nitrogens is 3. The van der Waals surface area contributed by atoms with Crippen molar-refractivity contribution in [1.82, 2.24) is 25.0 Å². The molecule has 8 heteroatoms. The molecule has 1 aromatic heterocycles. The van der Waals surface area contributed by atoms with Gasteiger partial charge in [0.2, 0.25) is 5.91 Å². The Morgan fingerprint density at radius 3 is 2.37 bits per heavy atom. The zero-order valence-electron chi connectivity index (χ0n) is 14.2. The highest BCUT2D eigenvalue weighted by Crippen LogP contribution is 2.25. The monoisotopic (exact) mass is 365 g/mol. The molecule has 7 nitrogen and oxygen atoms in total. The lowest BCUT2D eigenvalue weighted by Crippen LogP contribution is -2.52. The van der Waals surface area contributed by atoms with Crippen LogP contribution < -0.4 is 5.32 Å². The van der Waals surface area contributed by atoms with Gasteiger partial charge in [0.05, 0.1) is 0 Å². The van der Waals surface area contributed by atoms with E-state index in [4.69, 9.17) is 0 Å². The summed E-state index contributed by atoms with van der Waals surface area (Å²) in [4.78, 5) is 27.0. The minimum absolute atomic E-state index is 0.255. The summed E-state index contributed by atoms with van der Waals surface area (Å²) in [5.41, 5.74) is 1.86. The van der Waals surface area contributed by atoms with Crippen LogP contribution in [0.25, 0.3) is 5.69 Å². The van der Waals surface area contributed by atoms with Crippen molar-refractivity contribution in [3.8, 4) is 5.69 Å². The van der Waals surface area contributed by atoms with Gasteiger partial charge < -0.3 is 10.2 Å². The molecule has 2 aromatic carbocycles. The van der Waals surface area contributed by atoms with E-state index < -0.39 is 11.9 Å². The normalized spacial score (nSPS) is 16.9. The van der Waals surface area contributed by atoms with Crippen LogP contribution in [0.3, 0.4) is 0 Å². The quantitative estimate of drug-likeness (QED) is 0.766. The van der Waals surface area contributed by atoms with Crippen molar-refractivity contribution in [1.29, 1.82) is 0 Å². The van der Waals surface area contributed by atoms with E-state index in [1.54, 1.807) is 41.5 Å². The summed E-state index contributed by atoms with van der Waals surface area (Å²) in [7, 11) is 0. The van der Waals surface area contributed by atoms with Gasteiger partial charge in [-0.1, -0.05) is 12.1 Å². The third-order valence-corrected chi connectivity index (χ3v) is 4.49. The van der Waals surface area contributed by atoms with E-state index in [-0.39, 0.29) is 11.8 Å². The SMILES string of the molecule is O=C1NCCN(C(=O)c2ccc(-n3cnnc3)cc2)[C@H]1c1ccc(F)cc1. The summed E-state index contributed by atoms with van der Waals surface area (Å²) in [6.45, 7) is 0.751. The summed E-state index contributed by atoms with van der Waals surface area (Å²) >= 11 is 0. The molecule has 1 aliphatic rings. The third-order valence-electron chi connectivity index (χ3n) is 4.49. The van der Waals surface area contributed by atoms with Gasteiger partial charge in [-0.05, 0) is 42.0 Å². The molecule has 1 N–H and O–H groups in total. The highest BCUT2D eigenvalue weighted by Gasteiger charge is 2.34. The van der Waals surface area contributed by atoms with Crippen molar-refractivity contribution in [2.75, 3.05) is 13.1 Å².